The lowest BCUT2D eigenvalue weighted by molar-refractivity contribution is -0.174. The van der Waals surface area contributed by atoms with Crippen molar-refractivity contribution in [2.45, 2.75) is 18.9 Å². The van der Waals surface area contributed by atoms with Crippen molar-refractivity contribution in [2.24, 2.45) is 5.73 Å². The summed E-state index contributed by atoms with van der Waals surface area (Å²) in [5.41, 5.74) is 4.65. The van der Waals surface area contributed by atoms with E-state index in [-0.39, 0.29) is 23.5 Å². The number of carbonyl (C=O) groups excluding carboxylic acids is 1. The van der Waals surface area contributed by atoms with Gasteiger partial charge in [0.1, 0.15) is 6.04 Å². The fourth-order valence-corrected chi connectivity index (χ4v) is 1.68. The Kier molecular flexibility index (Phi) is 6.79. The van der Waals surface area contributed by atoms with Gasteiger partial charge in [-0.15, -0.1) is 12.4 Å². The SMILES string of the molecule is CCOC(=O)C(F)(F)[C@@H](N)c1ccc(Br)c(F)c1O.Cl. The molecule has 0 saturated carbocycles. The van der Waals surface area contributed by atoms with Gasteiger partial charge >= 0.3 is 11.9 Å². The van der Waals surface area contributed by atoms with Crippen molar-refractivity contribution in [3.8, 4) is 5.75 Å². The summed E-state index contributed by atoms with van der Waals surface area (Å²) in [6, 6.07) is -0.111. The number of hydrogen-bond donors (Lipinski definition) is 2. The number of rotatable bonds is 4. The number of nitrogens with two attached hydrogens (primary N) is 1. The third-order valence-electron chi connectivity index (χ3n) is 2.37. The Morgan fingerprint density at radius 2 is 2.10 bits per heavy atom. The van der Waals surface area contributed by atoms with Crippen LogP contribution in [0.4, 0.5) is 13.2 Å². The lowest BCUT2D eigenvalue weighted by Gasteiger charge is -2.22. The van der Waals surface area contributed by atoms with Gasteiger partial charge in [0.05, 0.1) is 11.1 Å². The van der Waals surface area contributed by atoms with Crippen LogP contribution in [0.25, 0.3) is 0 Å². The van der Waals surface area contributed by atoms with Gasteiger partial charge in [-0.2, -0.15) is 8.78 Å². The molecule has 1 atom stereocenters. The molecular formula is C11H12BrClF3NO3. The lowest BCUT2D eigenvalue weighted by Crippen LogP contribution is -2.41. The Morgan fingerprint density at radius 1 is 1.55 bits per heavy atom. The molecule has 4 nitrogen and oxygen atoms in total. The third-order valence-corrected chi connectivity index (χ3v) is 2.99. The highest BCUT2D eigenvalue weighted by molar-refractivity contribution is 9.10. The molecule has 0 heterocycles. The number of benzene rings is 1. The second-order valence-corrected chi connectivity index (χ2v) is 4.47. The van der Waals surface area contributed by atoms with Crippen LogP contribution in [0.2, 0.25) is 0 Å². The number of aromatic hydroxyl groups is 1. The predicted octanol–water partition coefficient (Wildman–Crippen LogP) is 2.91. The molecule has 0 aromatic heterocycles. The van der Waals surface area contributed by atoms with Crippen LogP contribution >= 0.6 is 28.3 Å². The van der Waals surface area contributed by atoms with Crippen molar-refractivity contribution in [2.75, 3.05) is 6.61 Å². The molecule has 0 spiro atoms. The Balaban J connectivity index is 0.00000361. The van der Waals surface area contributed by atoms with Crippen molar-refractivity contribution in [3.63, 3.8) is 0 Å². The summed E-state index contributed by atoms with van der Waals surface area (Å²) < 4.78 is 44.8. The average molecular weight is 379 g/mol. The van der Waals surface area contributed by atoms with Gasteiger partial charge in [0.25, 0.3) is 0 Å². The molecular weight excluding hydrogens is 366 g/mol. The molecule has 3 N–H and O–H groups in total. The second kappa shape index (κ2) is 7.14. The number of ether oxygens (including phenoxy) is 1. The first kappa shape index (κ1) is 19.0. The Labute approximate surface area is 127 Å². The molecule has 0 aliphatic carbocycles. The lowest BCUT2D eigenvalue weighted by atomic mass is 10.00. The smallest absolute Gasteiger partial charge is 0.379 e. The van der Waals surface area contributed by atoms with E-state index in [2.05, 4.69) is 20.7 Å². The number of esters is 1. The molecule has 0 saturated heterocycles. The zero-order chi connectivity index (χ0) is 14.8. The summed E-state index contributed by atoms with van der Waals surface area (Å²) in [6.07, 6.45) is 0. The first-order valence-corrected chi connectivity index (χ1v) is 6.00. The molecule has 20 heavy (non-hydrogen) atoms. The molecule has 1 aromatic carbocycles. The third kappa shape index (κ3) is 3.56. The Bertz CT molecular complexity index is 502. The number of alkyl halides is 2. The van der Waals surface area contributed by atoms with E-state index < -0.39 is 35.1 Å². The summed E-state index contributed by atoms with van der Waals surface area (Å²) in [7, 11) is 0. The predicted molar refractivity (Wildman–Crippen MR) is 71.5 cm³/mol. The molecule has 0 aliphatic heterocycles. The van der Waals surface area contributed by atoms with Crippen molar-refractivity contribution in [1.82, 2.24) is 0 Å². The molecule has 0 fully saturated rings. The summed E-state index contributed by atoms with van der Waals surface area (Å²) in [5, 5.41) is 9.45. The number of hydrogen-bond acceptors (Lipinski definition) is 4. The Morgan fingerprint density at radius 3 is 2.60 bits per heavy atom. The van der Waals surface area contributed by atoms with Crippen LogP contribution < -0.4 is 5.73 Å². The topological polar surface area (TPSA) is 72.5 Å². The van der Waals surface area contributed by atoms with Crippen molar-refractivity contribution in [1.29, 1.82) is 0 Å². The van der Waals surface area contributed by atoms with E-state index in [1.807, 2.05) is 0 Å². The summed E-state index contributed by atoms with van der Waals surface area (Å²) in [4.78, 5) is 11.1. The molecule has 114 valence electrons. The zero-order valence-corrected chi connectivity index (χ0v) is 12.6. The van der Waals surface area contributed by atoms with Crippen LogP contribution in [0.3, 0.4) is 0 Å². The number of carbonyl (C=O) groups is 1. The van der Waals surface area contributed by atoms with Gasteiger partial charge < -0.3 is 15.6 Å². The minimum Gasteiger partial charge on any atom is -0.505 e. The summed E-state index contributed by atoms with van der Waals surface area (Å²) in [5.74, 6) is -8.07. The van der Waals surface area contributed by atoms with Crippen LogP contribution in [0.5, 0.6) is 5.75 Å². The van der Waals surface area contributed by atoms with Gasteiger partial charge in [0.15, 0.2) is 11.6 Å². The molecule has 9 heteroatoms. The maximum absolute atomic E-state index is 13.7. The average Bonchev–Trinajstić information content (AvgIpc) is 2.35. The standard InChI is InChI=1S/C11H11BrF3NO3.ClH/c1-2-19-10(18)11(14,15)9(16)5-3-4-6(12)7(13)8(5)17;/h3-4,9,17H,2,16H2,1H3;1H/t9-;/m0./s1. The number of halogens is 5. The van der Waals surface area contributed by atoms with E-state index in [4.69, 9.17) is 5.73 Å². The summed E-state index contributed by atoms with van der Waals surface area (Å²) in [6.45, 7) is 1.11. The highest BCUT2D eigenvalue weighted by atomic mass is 79.9. The first-order chi connectivity index (χ1) is 8.73. The normalized spacial score (nSPS) is 12.5. The van der Waals surface area contributed by atoms with Gasteiger partial charge in [-0.3, -0.25) is 0 Å². The van der Waals surface area contributed by atoms with Gasteiger partial charge in [-0.05, 0) is 28.9 Å². The molecule has 1 aromatic rings. The van der Waals surface area contributed by atoms with E-state index in [1.165, 1.54) is 6.92 Å². The molecule has 0 radical (unpaired) electrons. The van der Waals surface area contributed by atoms with E-state index in [0.29, 0.717) is 0 Å². The van der Waals surface area contributed by atoms with E-state index in [0.717, 1.165) is 12.1 Å². The van der Waals surface area contributed by atoms with Gasteiger partial charge in [0.2, 0.25) is 0 Å². The minimum absolute atomic E-state index is 0. The number of phenolic OH excluding ortho intramolecular Hbond substituents is 1. The summed E-state index contributed by atoms with van der Waals surface area (Å²) >= 11 is 2.78. The fourth-order valence-electron chi connectivity index (χ4n) is 1.36. The zero-order valence-electron chi connectivity index (χ0n) is 10.2. The van der Waals surface area contributed by atoms with Crippen LogP contribution in [0.15, 0.2) is 16.6 Å². The van der Waals surface area contributed by atoms with Crippen molar-refractivity contribution >= 4 is 34.3 Å². The van der Waals surface area contributed by atoms with Crippen molar-refractivity contribution < 1.29 is 27.8 Å². The monoisotopic (exact) mass is 377 g/mol. The van der Waals surface area contributed by atoms with Crippen LogP contribution in [-0.2, 0) is 9.53 Å². The second-order valence-electron chi connectivity index (χ2n) is 3.62. The largest absolute Gasteiger partial charge is 0.505 e. The fraction of sp³-hybridized carbons (Fsp3) is 0.364. The highest BCUT2D eigenvalue weighted by Crippen LogP contribution is 2.38. The van der Waals surface area contributed by atoms with E-state index in [9.17, 15) is 23.1 Å². The Hall–Kier alpha value is -0.990. The maximum atomic E-state index is 13.7. The van der Waals surface area contributed by atoms with Crippen LogP contribution in [0, 0.1) is 5.82 Å². The molecule has 0 unspecified atom stereocenters. The van der Waals surface area contributed by atoms with Crippen LogP contribution in [-0.4, -0.2) is 23.6 Å². The number of phenols is 1. The van der Waals surface area contributed by atoms with Gasteiger partial charge in [-0.1, -0.05) is 6.07 Å². The van der Waals surface area contributed by atoms with Crippen LogP contribution in [0.1, 0.15) is 18.5 Å². The van der Waals surface area contributed by atoms with E-state index >= 15 is 0 Å². The van der Waals surface area contributed by atoms with Gasteiger partial charge in [-0.25, -0.2) is 9.18 Å². The quantitative estimate of drug-likeness (QED) is 0.790. The molecule has 1 rings (SSSR count). The van der Waals surface area contributed by atoms with Crippen molar-refractivity contribution in [3.05, 3.63) is 28.0 Å². The maximum Gasteiger partial charge on any atom is 0.379 e. The van der Waals surface area contributed by atoms with Gasteiger partial charge in [0, 0.05) is 5.56 Å². The highest BCUT2D eigenvalue weighted by Gasteiger charge is 2.48. The molecule has 0 amide bonds. The molecule has 0 bridgehead atoms. The van der Waals surface area contributed by atoms with E-state index in [1.54, 1.807) is 0 Å². The minimum atomic E-state index is -4.08. The first-order valence-electron chi connectivity index (χ1n) is 5.20. The molecule has 0 aliphatic rings.